The Labute approximate surface area is 149 Å². The van der Waals surface area contributed by atoms with Crippen molar-refractivity contribution in [1.29, 1.82) is 0 Å². The number of aromatic nitrogens is 2. The first-order chi connectivity index (χ1) is 11.5. The zero-order chi connectivity index (χ0) is 16.7. The lowest BCUT2D eigenvalue weighted by atomic mass is 9.53. The zero-order valence-corrected chi connectivity index (χ0v) is 15.3. The number of rotatable bonds is 4. The minimum absolute atomic E-state index is 0.0747. The minimum Gasteiger partial charge on any atom is -0.332 e. The third-order valence-corrected chi connectivity index (χ3v) is 7.55. The van der Waals surface area contributed by atoms with Gasteiger partial charge in [0.05, 0.1) is 5.25 Å². The molecule has 5 rings (SSSR count). The topological polar surface area (TPSA) is 84.0 Å². The van der Waals surface area contributed by atoms with Crippen molar-refractivity contribution in [2.24, 2.45) is 17.8 Å². The quantitative estimate of drug-likeness (QED) is 0.801. The van der Waals surface area contributed by atoms with Crippen molar-refractivity contribution in [3.8, 4) is 0 Å². The molecule has 1 unspecified atom stereocenters. The van der Waals surface area contributed by atoms with E-state index in [0.29, 0.717) is 0 Å². The van der Waals surface area contributed by atoms with Crippen LogP contribution in [0.25, 0.3) is 0 Å². The molecule has 130 valence electrons. The lowest BCUT2D eigenvalue weighted by Gasteiger charge is -2.56. The largest absolute Gasteiger partial charge is 0.332 e. The smallest absolute Gasteiger partial charge is 0.321 e. The third kappa shape index (κ3) is 3.31. The minimum atomic E-state index is -0.375. The monoisotopic (exact) mass is 366 g/mol. The van der Waals surface area contributed by atoms with Crippen LogP contribution in [-0.2, 0) is 4.79 Å². The molecule has 4 fully saturated rings. The number of nitrogens with zero attached hydrogens (tertiary/aromatic N) is 2. The molecule has 1 atom stereocenters. The Morgan fingerprint density at radius 1 is 1.25 bits per heavy atom. The van der Waals surface area contributed by atoms with Crippen LogP contribution in [0.5, 0.6) is 0 Å². The lowest BCUT2D eigenvalue weighted by molar-refractivity contribution is -0.119. The van der Waals surface area contributed by atoms with Crippen LogP contribution in [0.15, 0.2) is 9.85 Å². The first-order valence-electron chi connectivity index (χ1n) is 8.57. The number of carbonyl (C=O) groups excluding carboxylic acids is 2. The van der Waals surface area contributed by atoms with Crippen LogP contribution in [0.1, 0.15) is 45.4 Å². The van der Waals surface area contributed by atoms with Crippen molar-refractivity contribution in [3.05, 3.63) is 5.51 Å². The van der Waals surface area contributed by atoms with Gasteiger partial charge in [-0.2, -0.15) is 0 Å². The summed E-state index contributed by atoms with van der Waals surface area (Å²) in [6.07, 6.45) is 7.23. The number of nitrogens with one attached hydrogen (secondary N) is 2. The summed E-state index contributed by atoms with van der Waals surface area (Å²) < 4.78 is 0.735. The van der Waals surface area contributed by atoms with Gasteiger partial charge in [0.1, 0.15) is 5.51 Å². The number of hydrogen-bond donors (Lipinski definition) is 2. The van der Waals surface area contributed by atoms with Crippen molar-refractivity contribution < 1.29 is 9.59 Å². The highest BCUT2D eigenvalue weighted by atomic mass is 32.2. The summed E-state index contributed by atoms with van der Waals surface area (Å²) in [5, 5.41) is 13.0. The summed E-state index contributed by atoms with van der Waals surface area (Å²) in [7, 11) is 0. The Morgan fingerprint density at radius 2 is 1.88 bits per heavy atom. The zero-order valence-electron chi connectivity index (χ0n) is 13.7. The Bertz CT molecular complexity index is 599. The van der Waals surface area contributed by atoms with Crippen LogP contribution < -0.4 is 10.6 Å². The Balaban J connectivity index is 1.32. The average molecular weight is 367 g/mol. The van der Waals surface area contributed by atoms with Crippen molar-refractivity contribution in [1.82, 2.24) is 20.8 Å². The highest BCUT2D eigenvalue weighted by Crippen LogP contribution is 2.55. The van der Waals surface area contributed by atoms with E-state index in [4.69, 9.17) is 0 Å². The normalized spacial score (nSPS) is 34.8. The predicted octanol–water partition coefficient (Wildman–Crippen LogP) is 2.81. The second-order valence-electron chi connectivity index (χ2n) is 7.61. The van der Waals surface area contributed by atoms with E-state index in [-0.39, 0.29) is 22.7 Å². The summed E-state index contributed by atoms with van der Waals surface area (Å²) in [5.74, 6) is 2.01. The molecule has 1 aromatic heterocycles. The summed E-state index contributed by atoms with van der Waals surface area (Å²) in [6.45, 7) is 1.78. The fraction of sp³-hybridized carbons (Fsp3) is 0.750. The number of thioether (sulfide) groups is 1. The number of urea groups is 1. The molecular formula is C16H22N4O2S2. The molecule has 1 aromatic rings. The van der Waals surface area contributed by atoms with Crippen LogP contribution in [0, 0.1) is 17.8 Å². The van der Waals surface area contributed by atoms with Crippen LogP contribution in [0.2, 0.25) is 0 Å². The molecule has 0 aliphatic heterocycles. The molecule has 3 amide bonds. The van der Waals surface area contributed by atoms with Gasteiger partial charge in [-0.15, -0.1) is 10.2 Å². The van der Waals surface area contributed by atoms with E-state index in [1.54, 1.807) is 12.4 Å². The maximum atomic E-state index is 12.4. The summed E-state index contributed by atoms with van der Waals surface area (Å²) in [6, 6.07) is -0.341. The molecule has 8 heteroatoms. The van der Waals surface area contributed by atoms with Gasteiger partial charge in [0.25, 0.3) is 0 Å². The fourth-order valence-corrected chi connectivity index (χ4v) is 6.79. The van der Waals surface area contributed by atoms with E-state index < -0.39 is 0 Å². The van der Waals surface area contributed by atoms with Gasteiger partial charge in [0, 0.05) is 5.54 Å². The van der Waals surface area contributed by atoms with Crippen molar-refractivity contribution in [2.75, 3.05) is 0 Å². The van der Waals surface area contributed by atoms with E-state index in [1.807, 2.05) is 0 Å². The molecule has 4 saturated carbocycles. The number of carbonyl (C=O) groups is 2. The summed E-state index contributed by atoms with van der Waals surface area (Å²) in [5.41, 5.74) is 1.56. The number of hydrogen-bond acceptors (Lipinski definition) is 6. The van der Waals surface area contributed by atoms with Crippen molar-refractivity contribution >= 4 is 35.0 Å². The molecular weight excluding hydrogens is 344 g/mol. The van der Waals surface area contributed by atoms with Crippen LogP contribution >= 0.6 is 23.1 Å². The van der Waals surface area contributed by atoms with Gasteiger partial charge in [0.15, 0.2) is 4.34 Å². The first-order valence-corrected chi connectivity index (χ1v) is 10.3. The molecule has 0 saturated heterocycles. The SMILES string of the molecule is CC(Sc1nncs1)C(=O)NC(=O)NC12CC3CC(CC(C3)C1)C2. The molecule has 1 heterocycles. The van der Waals surface area contributed by atoms with Gasteiger partial charge in [-0.1, -0.05) is 23.1 Å². The maximum Gasteiger partial charge on any atom is 0.321 e. The Kier molecular flexibility index (Phi) is 4.28. The van der Waals surface area contributed by atoms with Gasteiger partial charge in [0.2, 0.25) is 5.91 Å². The Hall–Kier alpha value is -1.15. The van der Waals surface area contributed by atoms with E-state index in [2.05, 4.69) is 20.8 Å². The molecule has 4 bridgehead atoms. The van der Waals surface area contributed by atoms with Gasteiger partial charge >= 0.3 is 6.03 Å². The second-order valence-corrected chi connectivity index (χ2v) is 10.0. The van der Waals surface area contributed by atoms with Gasteiger partial charge in [-0.3, -0.25) is 10.1 Å². The standard InChI is InChI=1S/C16H22N4O2S2/c1-9(24-15-20-17-8-23-15)13(21)18-14(22)19-16-5-10-2-11(6-16)4-12(3-10)7-16/h8-12H,2-7H2,1H3,(H2,18,19,21,22). The molecule has 0 spiro atoms. The Morgan fingerprint density at radius 3 is 2.42 bits per heavy atom. The maximum absolute atomic E-state index is 12.4. The fourth-order valence-electron chi connectivity index (χ4n) is 5.17. The van der Waals surface area contributed by atoms with E-state index >= 15 is 0 Å². The third-order valence-electron chi connectivity index (χ3n) is 5.64. The molecule has 4 aliphatic rings. The lowest BCUT2D eigenvalue weighted by Crippen LogP contribution is -2.62. The highest BCUT2D eigenvalue weighted by Gasteiger charge is 2.51. The molecule has 0 aromatic carbocycles. The summed E-state index contributed by atoms with van der Waals surface area (Å²) >= 11 is 2.72. The second kappa shape index (κ2) is 6.29. The number of imide groups is 1. The van der Waals surface area contributed by atoms with Crippen LogP contribution in [0.4, 0.5) is 4.79 Å². The molecule has 4 aliphatic carbocycles. The number of amides is 3. The van der Waals surface area contributed by atoms with Gasteiger partial charge < -0.3 is 5.32 Å². The van der Waals surface area contributed by atoms with Crippen molar-refractivity contribution in [3.63, 3.8) is 0 Å². The molecule has 2 N–H and O–H groups in total. The molecule has 6 nitrogen and oxygen atoms in total. The van der Waals surface area contributed by atoms with Gasteiger partial charge in [-0.05, 0) is 63.2 Å². The van der Waals surface area contributed by atoms with E-state index in [9.17, 15) is 9.59 Å². The van der Waals surface area contributed by atoms with Crippen molar-refractivity contribution in [2.45, 2.75) is 60.6 Å². The molecule has 24 heavy (non-hydrogen) atoms. The molecule has 0 radical (unpaired) electrons. The highest BCUT2D eigenvalue weighted by molar-refractivity contribution is 8.02. The first kappa shape index (κ1) is 16.3. The van der Waals surface area contributed by atoms with E-state index in [1.165, 1.54) is 42.4 Å². The average Bonchev–Trinajstić information content (AvgIpc) is 2.97. The van der Waals surface area contributed by atoms with E-state index in [0.717, 1.165) is 41.4 Å². The predicted molar refractivity (Wildman–Crippen MR) is 92.8 cm³/mol. The van der Waals surface area contributed by atoms with Gasteiger partial charge in [-0.25, -0.2) is 4.79 Å². The summed E-state index contributed by atoms with van der Waals surface area (Å²) in [4.78, 5) is 24.6. The van der Waals surface area contributed by atoms with Crippen LogP contribution in [0.3, 0.4) is 0 Å². The van der Waals surface area contributed by atoms with Crippen LogP contribution in [-0.4, -0.2) is 32.9 Å².